The number of pyridine rings is 2. The van der Waals surface area contributed by atoms with Crippen LogP contribution in [0.4, 0.5) is 0 Å². The fourth-order valence-corrected chi connectivity index (χ4v) is 10.4. The molecule has 3 N–H and O–H groups in total. The van der Waals surface area contributed by atoms with Gasteiger partial charge in [0.1, 0.15) is 32.7 Å². The van der Waals surface area contributed by atoms with Gasteiger partial charge in [-0.25, -0.2) is 31.2 Å². The Morgan fingerprint density at radius 1 is 0.724 bits per heavy atom. The van der Waals surface area contributed by atoms with Crippen LogP contribution in [0.5, 0.6) is 5.75 Å². The van der Waals surface area contributed by atoms with Gasteiger partial charge in [0, 0.05) is 71.3 Å². The minimum Gasteiger partial charge on any atom is -1.00 e. The molecule has 10 rings (SSSR count). The third-order valence-electron chi connectivity index (χ3n) is 12.6. The molecule has 6 aromatic heterocycles. The Balaban J connectivity index is 0.000000229. The van der Waals surface area contributed by atoms with E-state index in [1.54, 1.807) is 90.6 Å². The molecule has 8 aromatic rings. The number of aryl methyl sites for hydroxylation is 2. The predicted molar refractivity (Wildman–Crippen MR) is 291 cm³/mol. The van der Waals surface area contributed by atoms with Crippen LogP contribution in [0.3, 0.4) is 0 Å². The Bertz CT molecular complexity index is 3740. The Labute approximate surface area is 470 Å². The molecule has 2 saturated carbocycles. The summed E-state index contributed by atoms with van der Waals surface area (Å²) in [7, 11) is -6.05. The second-order valence-electron chi connectivity index (χ2n) is 20.6. The number of nitrogens with zero attached hydrogens (tertiary/aromatic N) is 7. The zero-order valence-corrected chi connectivity index (χ0v) is 49.5. The van der Waals surface area contributed by atoms with E-state index in [1.165, 1.54) is 25.6 Å². The number of fused-ring (bicyclic) bond motifs is 2. The topological polar surface area (TPSA) is 226 Å². The summed E-state index contributed by atoms with van der Waals surface area (Å²) in [5.41, 5.74) is 7.09. The number of carbonyl (C=O) groups is 2. The van der Waals surface area contributed by atoms with Crippen molar-refractivity contribution in [2.24, 2.45) is 0 Å². The van der Waals surface area contributed by atoms with Crippen LogP contribution >= 0.6 is 0 Å². The summed E-state index contributed by atoms with van der Waals surface area (Å²) in [4.78, 5) is 45.0. The summed E-state index contributed by atoms with van der Waals surface area (Å²) >= 11 is 0. The van der Waals surface area contributed by atoms with Gasteiger partial charge in [0.15, 0.2) is 25.5 Å². The van der Waals surface area contributed by atoms with Crippen molar-refractivity contribution in [2.45, 2.75) is 126 Å². The molecule has 2 aliphatic rings. The van der Waals surface area contributed by atoms with E-state index < -0.39 is 34.6 Å². The summed E-state index contributed by atoms with van der Waals surface area (Å²) in [5, 5.41) is 15.0. The third-order valence-corrected chi connectivity index (χ3v) is 17.6. The van der Waals surface area contributed by atoms with Crippen molar-refractivity contribution in [3.63, 3.8) is 0 Å². The molecule has 2 fully saturated rings. The van der Waals surface area contributed by atoms with Crippen LogP contribution in [0.15, 0.2) is 113 Å². The summed E-state index contributed by atoms with van der Waals surface area (Å²) in [6, 6.07) is 14.7. The molecular formula is C54H63N10NaO8S2Si-. The van der Waals surface area contributed by atoms with Crippen LogP contribution in [0.25, 0.3) is 45.2 Å². The SMILES string of the molecule is COc1cc2ncc(-n3cc(-c4cc(C(=O)NC5CC5)ccc4C)cn3)n2cc1S(=O)(=O)C(C)(C)C.Cc1ccc(C(=O)NC2CC2)cc1-c1cnn(-c2cn3cc(S(=O)(=O)C(C)(C)C)c(=O)cc3[nH]2)c1.[CH2-]CC.[Na+].[Si-]. The monoisotopic (exact) mass is 1090 g/mol. The van der Waals surface area contributed by atoms with E-state index in [4.69, 9.17) is 4.74 Å². The smallest absolute Gasteiger partial charge is 1.00 e. The van der Waals surface area contributed by atoms with E-state index in [1.807, 2.05) is 69.6 Å². The van der Waals surface area contributed by atoms with Crippen molar-refractivity contribution in [1.82, 2.24) is 49.0 Å². The Morgan fingerprint density at radius 3 is 1.70 bits per heavy atom. The summed E-state index contributed by atoms with van der Waals surface area (Å²) < 4.78 is 62.0. The number of benzene rings is 2. The molecule has 0 spiro atoms. The van der Waals surface area contributed by atoms with Gasteiger partial charge in [-0.3, -0.25) is 18.8 Å². The average molecular weight is 1100 g/mol. The number of aromatic nitrogens is 8. The molecule has 18 nitrogen and oxygen atoms in total. The van der Waals surface area contributed by atoms with Crippen LogP contribution in [-0.4, -0.2) is 107 Å². The number of amides is 2. The molecule has 0 bridgehead atoms. The van der Waals surface area contributed by atoms with Crippen molar-refractivity contribution < 1.29 is 60.7 Å². The Morgan fingerprint density at radius 2 is 1.21 bits per heavy atom. The van der Waals surface area contributed by atoms with Gasteiger partial charge in [0.25, 0.3) is 11.8 Å². The van der Waals surface area contributed by atoms with Gasteiger partial charge in [-0.2, -0.15) is 16.6 Å². The summed E-state index contributed by atoms with van der Waals surface area (Å²) in [6.45, 7) is 19.1. The molecule has 76 heavy (non-hydrogen) atoms. The second-order valence-corrected chi connectivity index (χ2v) is 26.0. The predicted octanol–water partition coefficient (Wildman–Crippen LogP) is 5.08. The van der Waals surface area contributed by atoms with E-state index in [-0.39, 0.29) is 80.0 Å². The van der Waals surface area contributed by atoms with Gasteiger partial charge in [-0.05, 0) is 128 Å². The van der Waals surface area contributed by atoms with E-state index in [2.05, 4.69) is 37.7 Å². The molecule has 0 aliphatic heterocycles. The van der Waals surface area contributed by atoms with E-state index in [9.17, 15) is 31.2 Å². The second kappa shape index (κ2) is 22.9. The fourth-order valence-electron chi connectivity index (χ4n) is 7.84. The van der Waals surface area contributed by atoms with E-state index >= 15 is 0 Å². The van der Waals surface area contributed by atoms with Crippen molar-refractivity contribution in [1.29, 1.82) is 0 Å². The maximum absolute atomic E-state index is 13.3. The quantitative estimate of drug-likeness (QED) is 0.114. The number of hydrogen-bond acceptors (Lipinski definition) is 11. The zero-order chi connectivity index (χ0) is 53.7. The van der Waals surface area contributed by atoms with Crippen LogP contribution in [-0.2, 0) is 19.7 Å². The first-order valence-corrected chi connectivity index (χ1v) is 27.3. The molecule has 0 atom stereocenters. The van der Waals surface area contributed by atoms with Gasteiger partial charge < -0.3 is 42.6 Å². The van der Waals surface area contributed by atoms with Crippen LogP contribution in [0.2, 0.25) is 0 Å². The molecule has 0 unspecified atom stereocenters. The number of nitrogens with one attached hydrogen (secondary N) is 3. The molecule has 22 heteroatoms. The van der Waals surface area contributed by atoms with Gasteiger partial charge in [0.05, 0.1) is 41.4 Å². The minimum atomic E-state index is -3.81. The maximum Gasteiger partial charge on any atom is 1.00 e. The van der Waals surface area contributed by atoms with Crippen molar-refractivity contribution in [3.8, 4) is 39.6 Å². The number of H-pyrrole nitrogens is 1. The van der Waals surface area contributed by atoms with Gasteiger partial charge in [-0.1, -0.05) is 19.1 Å². The van der Waals surface area contributed by atoms with Crippen molar-refractivity contribution in [2.75, 3.05) is 7.11 Å². The fraction of sp³-hybridized carbons (Fsp3) is 0.352. The number of ether oxygens (including phenoxy) is 1. The number of methoxy groups -OCH3 is 1. The van der Waals surface area contributed by atoms with Crippen LogP contribution in [0.1, 0.15) is 112 Å². The number of sulfone groups is 2. The largest absolute Gasteiger partial charge is 1.00 e. The first kappa shape index (κ1) is 59.1. The number of imidazole rings is 2. The molecule has 6 heterocycles. The maximum atomic E-state index is 13.3. The normalized spacial score (nSPS) is 13.6. The number of rotatable bonds is 11. The molecule has 2 amide bonds. The van der Waals surface area contributed by atoms with Gasteiger partial charge in [0.2, 0.25) is 5.43 Å². The summed E-state index contributed by atoms with van der Waals surface area (Å²) in [6.07, 6.45) is 18.4. The Hall–Kier alpha value is -6.10. The first-order valence-electron chi connectivity index (χ1n) is 24.4. The first-order chi connectivity index (χ1) is 34.8. The molecule has 395 valence electrons. The van der Waals surface area contributed by atoms with E-state index in [0.29, 0.717) is 34.1 Å². The van der Waals surface area contributed by atoms with E-state index in [0.717, 1.165) is 65.5 Å². The third kappa shape index (κ3) is 12.3. The molecular weight excluding hydrogens is 1030 g/mol. The van der Waals surface area contributed by atoms with Crippen molar-refractivity contribution >= 4 is 53.7 Å². The number of hydrogen-bond donors (Lipinski definition) is 3. The minimum absolute atomic E-state index is 0. The van der Waals surface area contributed by atoms with Crippen LogP contribution in [0, 0.1) is 20.8 Å². The molecule has 3 radical (unpaired) electrons. The van der Waals surface area contributed by atoms with Crippen molar-refractivity contribution in [3.05, 3.63) is 138 Å². The Kier molecular flexibility index (Phi) is 17.8. The van der Waals surface area contributed by atoms with Gasteiger partial charge in [-0.15, -0.1) is 0 Å². The summed E-state index contributed by atoms with van der Waals surface area (Å²) in [5.74, 6) is 1.22. The van der Waals surface area contributed by atoms with Gasteiger partial charge >= 0.3 is 29.6 Å². The molecule has 2 aliphatic carbocycles. The zero-order valence-electron chi connectivity index (χ0n) is 44.8. The van der Waals surface area contributed by atoms with Crippen LogP contribution < -0.4 is 50.4 Å². The average Bonchev–Trinajstić information content (AvgIpc) is 4.06. The molecule has 0 saturated heterocycles. The molecule has 2 aromatic carbocycles. The number of aromatic amines is 1. The standard InChI is InChI=1S/C26H29N5O4S.C25H27N5O4S.C3H7.Na.Si/c1-16-6-7-17(25(32)29-19-8-9-19)10-20(16)18-12-28-31(14-18)24-13-27-23-11-21(35-5)22(15-30(23)24)36(33,34)26(2,3)4;1-15-5-6-16(24(32)27-18-7-8-18)9-19(15)17-11-26-30(12-17)23-14-29-13-21(20(31)10-22(29)28-23)35(33,34)25(2,3)4;1-3-2;;/h6-7,10-15,19H,8-9H2,1-5H3,(H,29,32);5-6,9-14,18,28H,7-8H2,1-4H3,(H,27,32);1,3H2,2H3;;/q;;-1;+1;-1. The number of carbonyl (C=O) groups excluding carboxylic acids is 2.